The fraction of sp³-hybridized carbons (Fsp3) is 0.368. The molecule has 2 aromatic rings. The predicted octanol–water partition coefficient (Wildman–Crippen LogP) is 3.35. The van der Waals surface area contributed by atoms with Crippen molar-refractivity contribution in [2.75, 3.05) is 13.7 Å². The van der Waals surface area contributed by atoms with Crippen molar-refractivity contribution in [3.05, 3.63) is 59.0 Å². The molecule has 0 saturated carbocycles. The monoisotopic (exact) mass is 344 g/mol. The number of hydrogen-bond acceptors (Lipinski definition) is 3. The lowest BCUT2D eigenvalue weighted by molar-refractivity contribution is 0.326. The molecule has 0 aliphatic heterocycles. The second-order valence-electron chi connectivity index (χ2n) is 5.74. The molecule has 1 aromatic carbocycles. The van der Waals surface area contributed by atoms with Gasteiger partial charge in [0.2, 0.25) is 5.88 Å². The molecule has 1 unspecified atom stereocenters. The van der Waals surface area contributed by atoms with Crippen LogP contribution in [0.4, 0.5) is 4.39 Å². The number of hydrogen-bond donors (Lipinski definition) is 2. The summed E-state index contributed by atoms with van der Waals surface area (Å²) in [6.07, 6.45) is 1.72. The number of pyridine rings is 1. The molecule has 134 valence electrons. The fourth-order valence-electron chi connectivity index (χ4n) is 2.33. The van der Waals surface area contributed by atoms with E-state index < -0.39 is 0 Å². The minimum absolute atomic E-state index is 0.0716. The number of halogens is 1. The predicted molar refractivity (Wildman–Crippen MR) is 98.3 cm³/mol. The van der Waals surface area contributed by atoms with Gasteiger partial charge in [0.15, 0.2) is 5.96 Å². The van der Waals surface area contributed by atoms with Crippen LogP contribution in [0.5, 0.6) is 5.88 Å². The van der Waals surface area contributed by atoms with Crippen molar-refractivity contribution in [3.63, 3.8) is 0 Å². The van der Waals surface area contributed by atoms with Crippen molar-refractivity contribution in [1.82, 2.24) is 15.6 Å². The summed E-state index contributed by atoms with van der Waals surface area (Å²) >= 11 is 0. The standard InChI is InChI=1S/C19H25FN4O/c1-5-25-18-10-15(8-9-22-18)12-23-19(21-4)24-14(3)16-7-6-13(2)17(20)11-16/h6-11,14H,5,12H2,1-4H3,(H2,21,23,24). The van der Waals surface area contributed by atoms with Crippen LogP contribution in [0.3, 0.4) is 0 Å². The molecule has 2 N–H and O–H groups in total. The van der Waals surface area contributed by atoms with Crippen molar-refractivity contribution in [2.45, 2.75) is 33.4 Å². The zero-order valence-electron chi connectivity index (χ0n) is 15.1. The molecule has 5 nitrogen and oxygen atoms in total. The van der Waals surface area contributed by atoms with Gasteiger partial charge in [0.25, 0.3) is 0 Å². The zero-order chi connectivity index (χ0) is 18.2. The van der Waals surface area contributed by atoms with E-state index in [0.29, 0.717) is 30.6 Å². The van der Waals surface area contributed by atoms with Crippen molar-refractivity contribution in [1.29, 1.82) is 0 Å². The van der Waals surface area contributed by atoms with Gasteiger partial charge in [-0.25, -0.2) is 9.37 Å². The summed E-state index contributed by atoms with van der Waals surface area (Å²) in [6.45, 7) is 6.81. The van der Waals surface area contributed by atoms with E-state index in [4.69, 9.17) is 4.74 Å². The molecule has 0 spiro atoms. The zero-order valence-corrected chi connectivity index (χ0v) is 15.1. The lowest BCUT2D eigenvalue weighted by atomic mass is 10.1. The number of aliphatic imine (C=N–C) groups is 1. The molecule has 0 aliphatic carbocycles. The Bertz CT molecular complexity index is 733. The number of aryl methyl sites for hydroxylation is 1. The molecule has 0 fully saturated rings. The number of nitrogens with zero attached hydrogens (tertiary/aromatic N) is 2. The van der Waals surface area contributed by atoms with E-state index in [0.717, 1.165) is 11.1 Å². The Balaban J connectivity index is 1.96. The van der Waals surface area contributed by atoms with Gasteiger partial charge in [-0.1, -0.05) is 12.1 Å². The average molecular weight is 344 g/mol. The van der Waals surface area contributed by atoms with Crippen molar-refractivity contribution in [3.8, 4) is 5.88 Å². The summed E-state index contributed by atoms with van der Waals surface area (Å²) in [5, 5.41) is 6.51. The number of benzene rings is 1. The van der Waals surface area contributed by atoms with E-state index in [1.165, 1.54) is 0 Å². The first kappa shape index (κ1) is 18.7. The first-order valence-electron chi connectivity index (χ1n) is 8.34. The quantitative estimate of drug-likeness (QED) is 0.623. The van der Waals surface area contributed by atoms with Gasteiger partial charge in [-0.3, -0.25) is 4.99 Å². The van der Waals surface area contributed by atoms with Gasteiger partial charge in [0.05, 0.1) is 12.6 Å². The molecule has 0 radical (unpaired) electrons. The summed E-state index contributed by atoms with van der Waals surface area (Å²) < 4.78 is 19.1. The first-order valence-corrected chi connectivity index (χ1v) is 8.34. The first-order chi connectivity index (χ1) is 12.0. The molecule has 0 saturated heterocycles. The van der Waals surface area contributed by atoms with Gasteiger partial charge in [-0.15, -0.1) is 0 Å². The van der Waals surface area contributed by atoms with Gasteiger partial charge in [-0.05, 0) is 49.6 Å². The summed E-state index contributed by atoms with van der Waals surface area (Å²) in [6, 6.07) is 8.99. The van der Waals surface area contributed by atoms with E-state index in [1.807, 2.05) is 32.0 Å². The molecule has 1 aromatic heterocycles. The van der Waals surface area contributed by atoms with Crippen LogP contribution in [0, 0.1) is 12.7 Å². The smallest absolute Gasteiger partial charge is 0.213 e. The highest BCUT2D eigenvalue weighted by Gasteiger charge is 2.10. The van der Waals surface area contributed by atoms with Crippen LogP contribution < -0.4 is 15.4 Å². The van der Waals surface area contributed by atoms with Crippen LogP contribution in [-0.4, -0.2) is 24.6 Å². The number of guanidine groups is 1. The Labute approximate surface area is 148 Å². The maximum absolute atomic E-state index is 13.7. The maximum atomic E-state index is 13.7. The third kappa shape index (κ3) is 5.45. The Morgan fingerprint density at radius 1 is 1.32 bits per heavy atom. The molecule has 1 atom stereocenters. The van der Waals surface area contributed by atoms with E-state index in [1.54, 1.807) is 32.3 Å². The maximum Gasteiger partial charge on any atom is 0.213 e. The average Bonchev–Trinajstić information content (AvgIpc) is 2.61. The highest BCUT2D eigenvalue weighted by atomic mass is 19.1. The van der Waals surface area contributed by atoms with Crippen LogP contribution in [0.25, 0.3) is 0 Å². The Morgan fingerprint density at radius 3 is 2.80 bits per heavy atom. The largest absolute Gasteiger partial charge is 0.478 e. The molecule has 6 heteroatoms. The normalized spacial score (nSPS) is 12.6. The number of nitrogens with one attached hydrogen (secondary N) is 2. The minimum Gasteiger partial charge on any atom is -0.478 e. The Hall–Kier alpha value is -2.63. The lowest BCUT2D eigenvalue weighted by Gasteiger charge is -2.19. The lowest BCUT2D eigenvalue weighted by Crippen LogP contribution is -2.38. The Kier molecular flexibility index (Phi) is 6.74. The van der Waals surface area contributed by atoms with Crippen LogP contribution >= 0.6 is 0 Å². The fourth-order valence-corrected chi connectivity index (χ4v) is 2.33. The Morgan fingerprint density at radius 2 is 2.12 bits per heavy atom. The summed E-state index contributed by atoms with van der Waals surface area (Å²) in [7, 11) is 1.70. The van der Waals surface area contributed by atoms with E-state index >= 15 is 0 Å². The second kappa shape index (κ2) is 9.01. The van der Waals surface area contributed by atoms with Gasteiger partial charge in [0.1, 0.15) is 5.82 Å². The van der Waals surface area contributed by atoms with Crippen LogP contribution in [-0.2, 0) is 6.54 Å². The third-order valence-electron chi connectivity index (χ3n) is 3.82. The van der Waals surface area contributed by atoms with E-state index in [-0.39, 0.29) is 11.9 Å². The molecular formula is C19H25FN4O. The van der Waals surface area contributed by atoms with Crippen molar-refractivity contribution < 1.29 is 9.13 Å². The van der Waals surface area contributed by atoms with Crippen molar-refractivity contribution >= 4 is 5.96 Å². The van der Waals surface area contributed by atoms with Gasteiger partial charge in [-0.2, -0.15) is 0 Å². The summed E-state index contributed by atoms with van der Waals surface area (Å²) in [5.74, 6) is 1.05. The van der Waals surface area contributed by atoms with Crippen LogP contribution in [0.1, 0.15) is 36.6 Å². The molecule has 1 heterocycles. The molecule has 0 aliphatic rings. The van der Waals surface area contributed by atoms with E-state index in [2.05, 4.69) is 20.6 Å². The number of ether oxygens (including phenoxy) is 1. The molecule has 2 rings (SSSR count). The second-order valence-corrected chi connectivity index (χ2v) is 5.74. The van der Waals surface area contributed by atoms with Gasteiger partial charge < -0.3 is 15.4 Å². The van der Waals surface area contributed by atoms with Crippen molar-refractivity contribution in [2.24, 2.45) is 4.99 Å². The molecule has 0 amide bonds. The highest BCUT2D eigenvalue weighted by Crippen LogP contribution is 2.16. The number of rotatable bonds is 6. The summed E-state index contributed by atoms with van der Waals surface area (Å²) in [5.41, 5.74) is 2.55. The van der Waals surface area contributed by atoms with Gasteiger partial charge in [0, 0.05) is 25.9 Å². The topological polar surface area (TPSA) is 58.5 Å². The molecular weight excluding hydrogens is 319 g/mol. The summed E-state index contributed by atoms with van der Waals surface area (Å²) in [4.78, 5) is 8.37. The molecule has 0 bridgehead atoms. The SMILES string of the molecule is CCOc1cc(CNC(=NC)NC(C)c2ccc(C)c(F)c2)ccn1. The van der Waals surface area contributed by atoms with Crippen LogP contribution in [0.15, 0.2) is 41.5 Å². The third-order valence-corrected chi connectivity index (χ3v) is 3.82. The number of aromatic nitrogens is 1. The van der Waals surface area contributed by atoms with Crippen LogP contribution in [0.2, 0.25) is 0 Å². The van der Waals surface area contributed by atoms with E-state index in [9.17, 15) is 4.39 Å². The minimum atomic E-state index is -0.200. The van der Waals surface area contributed by atoms with Gasteiger partial charge >= 0.3 is 0 Å². The molecule has 25 heavy (non-hydrogen) atoms. The highest BCUT2D eigenvalue weighted by molar-refractivity contribution is 5.80.